The predicted octanol–water partition coefficient (Wildman–Crippen LogP) is 1.89. The molecule has 19 heavy (non-hydrogen) atoms. The molecule has 4 nitrogen and oxygen atoms in total. The number of pyridine rings is 1. The maximum Gasteiger partial charge on any atom is 0.133 e. The van der Waals surface area contributed by atoms with Gasteiger partial charge in [-0.05, 0) is 44.7 Å². The van der Waals surface area contributed by atoms with Gasteiger partial charge in [-0.1, -0.05) is 0 Å². The van der Waals surface area contributed by atoms with E-state index in [0.29, 0.717) is 19.2 Å². The van der Waals surface area contributed by atoms with E-state index in [1.165, 1.54) is 17.7 Å². The van der Waals surface area contributed by atoms with Crippen molar-refractivity contribution < 1.29 is 4.74 Å². The standard InChI is InChI=1S/C15H25N3O/c1-4-18(11(2)10-19-3)15-13(9-16)8-12-6-5-7-14(12)17-15/h8,11H,4-7,9-10,16H2,1-3H3. The summed E-state index contributed by atoms with van der Waals surface area (Å²) in [6.07, 6.45) is 3.47. The third-order valence-corrected chi connectivity index (χ3v) is 3.88. The Morgan fingerprint density at radius 3 is 2.89 bits per heavy atom. The Balaban J connectivity index is 2.35. The highest BCUT2D eigenvalue weighted by molar-refractivity contribution is 5.51. The third-order valence-electron chi connectivity index (χ3n) is 3.88. The number of nitrogens with zero attached hydrogens (tertiary/aromatic N) is 2. The first kappa shape index (κ1) is 14.3. The largest absolute Gasteiger partial charge is 0.383 e. The van der Waals surface area contributed by atoms with E-state index in [1.54, 1.807) is 7.11 Å². The molecule has 0 fully saturated rings. The van der Waals surface area contributed by atoms with E-state index in [9.17, 15) is 0 Å². The SMILES string of the molecule is CCN(c1nc2c(cc1CN)CCC2)C(C)COC. The number of likely N-dealkylation sites (N-methyl/N-ethyl adjacent to an activating group) is 1. The first-order valence-electron chi connectivity index (χ1n) is 7.18. The van der Waals surface area contributed by atoms with E-state index in [2.05, 4.69) is 24.8 Å². The number of rotatable bonds is 6. The van der Waals surface area contributed by atoms with E-state index in [1.807, 2.05) is 0 Å². The van der Waals surface area contributed by atoms with E-state index < -0.39 is 0 Å². The zero-order valence-electron chi connectivity index (χ0n) is 12.3. The highest BCUT2D eigenvalue weighted by atomic mass is 16.5. The second-order valence-electron chi connectivity index (χ2n) is 5.22. The van der Waals surface area contributed by atoms with Crippen molar-refractivity contribution in [2.75, 3.05) is 25.2 Å². The zero-order valence-corrected chi connectivity index (χ0v) is 12.3. The number of hydrogen-bond acceptors (Lipinski definition) is 4. The van der Waals surface area contributed by atoms with Crippen LogP contribution in [0.5, 0.6) is 0 Å². The fourth-order valence-electron chi connectivity index (χ4n) is 2.91. The molecule has 0 amide bonds. The summed E-state index contributed by atoms with van der Waals surface area (Å²) in [7, 11) is 1.74. The molecule has 2 rings (SSSR count). The molecule has 1 heterocycles. The van der Waals surface area contributed by atoms with Crippen molar-refractivity contribution >= 4 is 5.82 Å². The van der Waals surface area contributed by atoms with Crippen LogP contribution < -0.4 is 10.6 Å². The van der Waals surface area contributed by atoms with Gasteiger partial charge in [0.25, 0.3) is 0 Å². The van der Waals surface area contributed by atoms with Gasteiger partial charge in [0.05, 0.1) is 12.6 Å². The molecule has 1 aliphatic rings. The van der Waals surface area contributed by atoms with E-state index in [4.69, 9.17) is 15.5 Å². The van der Waals surface area contributed by atoms with Crippen molar-refractivity contribution in [2.45, 2.75) is 45.7 Å². The lowest BCUT2D eigenvalue weighted by molar-refractivity contribution is 0.181. The Bertz CT molecular complexity index is 434. The molecule has 0 aliphatic heterocycles. The Hall–Kier alpha value is -1.13. The van der Waals surface area contributed by atoms with Gasteiger partial charge in [0.15, 0.2) is 0 Å². The van der Waals surface area contributed by atoms with Crippen LogP contribution in [-0.2, 0) is 24.1 Å². The summed E-state index contributed by atoms with van der Waals surface area (Å²) in [5.74, 6) is 1.05. The maximum absolute atomic E-state index is 5.91. The van der Waals surface area contributed by atoms with Gasteiger partial charge < -0.3 is 15.4 Å². The zero-order chi connectivity index (χ0) is 13.8. The average Bonchev–Trinajstić information content (AvgIpc) is 2.86. The predicted molar refractivity (Wildman–Crippen MR) is 78.5 cm³/mol. The minimum Gasteiger partial charge on any atom is -0.383 e. The molecule has 1 unspecified atom stereocenters. The fraction of sp³-hybridized carbons (Fsp3) is 0.667. The Morgan fingerprint density at radius 2 is 2.26 bits per heavy atom. The smallest absolute Gasteiger partial charge is 0.133 e. The van der Waals surface area contributed by atoms with Crippen LogP contribution in [-0.4, -0.2) is 31.3 Å². The summed E-state index contributed by atoms with van der Waals surface area (Å²) >= 11 is 0. The quantitative estimate of drug-likeness (QED) is 0.851. The molecule has 1 atom stereocenters. The van der Waals surface area contributed by atoms with Gasteiger partial charge in [0.2, 0.25) is 0 Å². The summed E-state index contributed by atoms with van der Waals surface area (Å²) in [4.78, 5) is 7.18. The number of ether oxygens (including phenoxy) is 1. The summed E-state index contributed by atoms with van der Waals surface area (Å²) in [6.45, 7) is 6.50. The Morgan fingerprint density at radius 1 is 1.47 bits per heavy atom. The van der Waals surface area contributed by atoms with Gasteiger partial charge in [-0.2, -0.15) is 0 Å². The molecule has 0 saturated carbocycles. The van der Waals surface area contributed by atoms with Crippen LogP contribution in [0.15, 0.2) is 6.07 Å². The lowest BCUT2D eigenvalue weighted by atomic mass is 10.1. The highest BCUT2D eigenvalue weighted by Crippen LogP contribution is 2.28. The van der Waals surface area contributed by atoms with Crippen molar-refractivity contribution in [3.8, 4) is 0 Å². The Labute approximate surface area is 116 Å². The number of fused-ring (bicyclic) bond motifs is 1. The molecule has 0 bridgehead atoms. The van der Waals surface area contributed by atoms with Crippen molar-refractivity contribution in [1.29, 1.82) is 0 Å². The van der Waals surface area contributed by atoms with Crippen LogP contribution in [0, 0.1) is 0 Å². The molecular formula is C15H25N3O. The topological polar surface area (TPSA) is 51.4 Å². The van der Waals surface area contributed by atoms with Crippen LogP contribution in [0.25, 0.3) is 0 Å². The first-order valence-corrected chi connectivity index (χ1v) is 7.18. The summed E-state index contributed by atoms with van der Waals surface area (Å²) in [5, 5.41) is 0. The summed E-state index contributed by atoms with van der Waals surface area (Å²) < 4.78 is 5.27. The van der Waals surface area contributed by atoms with Gasteiger partial charge in [-0.15, -0.1) is 0 Å². The van der Waals surface area contributed by atoms with Gasteiger partial charge in [-0.3, -0.25) is 0 Å². The van der Waals surface area contributed by atoms with Gasteiger partial charge in [-0.25, -0.2) is 4.98 Å². The van der Waals surface area contributed by atoms with Gasteiger partial charge in [0.1, 0.15) is 5.82 Å². The average molecular weight is 263 g/mol. The van der Waals surface area contributed by atoms with Crippen molar-refractivity contribution in [2.24, 2.45) is 5.73 Å². The second-order valence-corrected chi connectivity index (χ2v) is 5.22. The molecule has 0 saturated heterocycles. The number of anilines is 1. The summed E-state index contributed by atoms with van der Waals surface area (Å²) in [5.41, 5.74) is 9.72. The number of methoxy groups -OCH3 is 1. The van der Waals surface area contributed by atoms with Crippen LogP contribution >= 0.6 is 0 Å². The second kappa shape index (κ2) is 6.35. The van der Waals surface area contributed by atoms with E-state index in [0.717, 1.165) is 30.8 Å². The number of aromatic nitrogens is 1. The molecule has 1 aromatic rings. The minimum absolute atomic E-state index is 0.312. The molecule has 4 heteroatoms. The molecule has 0 aromatic carbocycles. The number of aryl methyl sites for hydroxylation is 2. The van der Waals surface area contributed by atoms with Crippen LogP contribution in [0.2, 0.25) is 0 Å². The van der Waals surface area contributed by atoms with Gasteiger partial charge in [0, 0.05) is 31.5 Å². The van der Waals surface area contributed by atoms with Crippen molar-refractivity contribution in [1.82, 2.24) is 4.98 Å². The molecule has 1 aromatic heterocycles. The van der Waals surface area contributed by atoms with Crippen LogP contribution in [0.4, 0.5) is 5.82 Å². The normalized spacial score (nSPS) is 15.4. The molecule has 0 radical (unpaired) electrons. The fourth-order valence-corrected chi connectivity index (χ4v) is 2.91. The number of hydrogen-bond donors (Lipinski definition) is 1. The molecular weight excluding hydrogens is 238 g/mol. The summed E-state index contributed by atoms with van der Waals surface area (Å²) in [6, 6.07) is 2.57. The van der Waals surface area contributed by atoms with Crippen molar-refractivity contribution in [3.05, 3.63) is 22.9 Å². The monoisotopic (exact) mass is 263 g/mol. The van der Waals surface area contributed by atoms with Crippen molar-refractivity contribution in [3.63, 3.8) is 0 Å². The van der Waals surface area contributed by atoms with E-state index in [-0.39, 0.29) is 0 Å². The molecule has 2 N–H and O–H groups in total. The van der Waals surface area contributed by atoms with Crippen LogP contribution in [0.3, 0.4) is 0 Å². The first-order chi connectivity index (χ1) is 9.21. The van der Waals surface area contributed by atoms with E-state index >= 15 is 0 Å². The number of nitrogens with two attached hydrogens (primary N) is 1. The lowest BCUT2D eigenvalue weighted by Gasteiger charge is -2.30. The lowest BCUT2D eigenvalue weighted by Crippen LogP contribution is -2.37. The van der Waals surface area contributed by atoms with Gasteiger partial charge >= 0.3 is 0 Å². The van der Waals surface area contributed by atoms with Crippen LogP contribution in [0.1, 0.15) is 37.1 Å². The molecule has 1 aliphatic carbocycles. The molecule has 0 spiro atoms. The Kier molecular flexibility index (Phi) is 4.77. The minimum atomic E-state index is 0.312. The highest BCUT2D eigenvalue weighted by Gasteiger charge is 2.21. The third kappa shape index (κ3) is 2.90. The molecule has 106 valence electrons. The maximum atomic E-state index is 5.91.